The van der Waals surface area contributed by atoms with E-state index in [2.05, 4.69) is 34.8 Å². The van der Waals surface area contributed by atoms with E-state index in [0.717, 1.165) is 11.1 Å². The SMILES string of the molecule is CC1(C)CSC(CBr)=N1. The number of halogens is 1. The molecule has 0 radical (unpaired) electrons. The first-order valence-corrected chi connectivity index (χ1v) is 5.02. The minimum atomic E-state index is 0.188. The Kier molecular flexibility index (Phi) is 2.22. The maximum Gasteiger partial charge on any atom is 0.0789 e. The Balaban J connectivity index is 2.61. The van der Waals surface area contributed by atoms with Gasteiger partial charge in [0.15, 0.2) is 0 Å². The monoisotopic (exact) mass is 207 g/mol. The third kappa shape index (κ3) is 1.97. The van der Waals surface area contributed by atoms with E-state index in [4.69, 9.17) is 0 Å². The largest absolute Gasteiger partial charge is 0.275 e. The molecular weight excluding hydrogens is 198 g/mol. The number of hydrogen-bond donors (Lipinski definition) is 0. The van der Waals surface area contributed by atoms with Crippen LogP contribution in [0.4, 0.5) is 0 Å². The molecular formula is C6H10BrNS. The van der Waals surface area contributed by atoms with Crippen LogP contribution >= 0.6 is 27.7 Å². The third-order valence-corrected chi connectivity index (χ3v) is 3.46. The van der Waals surface area contributed by atoms with Gasteiger partial charge in [-0.25, -0.2) is 0 Å². The zero-order valence-electron chi connectivity index (χ0n) is 5.65. The lowest BCUT2D eigenvalue weighted by molar-refractivity contribution is 0.605. The predicted octanol–water partition coefficient (Wildman–Crippen LogP) is 2.31. The van der Waals surface area contributed by atoms with Crippen LogP contribution in [0.25, 0.3) is 0 Å². The van der Waals surface area contributed by atoms with Crippen LogP contribution in [0, 0.1) is 0 Å². The van der Waals surface area contributed by atoms with Crippen molar-refractivity contribution in [3.05, 3.63) is 0 Å². The van der Waals surface area contributed by atoms with Gasteiger partial charge in [0.25, 0.3) is 0 Å². The van der Waals surface area contributed by atoms with Crippen LogP contribution in [0.5, 0.6) is 0 Å². The Hall–Kier alpha value is 0.500. The van der Waals surface area contributed by atoms with Gasteiger partial charge in [-0.3, -0.25) is 4.99 Å². The van der Waals surface area contributed by atoms with Gasteiger partial charge in [0, 0.05) is 5.75 Å². The molecule has 1 aliphatic heterocycles. The lowest BCUT2D eigenvalue weighted by atomic mass is 10.1. The minimum absolute atomic E-state index is 0.188. The smallest absolute Gasteiger partial charge is 0.0789 e. The Morgan fingerprint density at radius 2 is 2.44 bits per heavy atom. The molecule has 0 N–H and O–H groups in total. The Labute approximate surface area is 68.4 Å². The summed E-state index contributed by atoms with van der Waals surface area (Å²) in [6, 6.07) is 0. The summed E-state index contributed by atoms with van der Waals surface area (Å²) in [5, 5.41) is 2.15. The highest BCUT2D eigenvalue weighted by Crippen LogP contribution is 2.27. The Morgan fingerprint density at radius 3 is 2.67 bits per heavy atom. The lowest BCUT2D eigenvalue weighted by Crippen LogP contribution is -2.15. The summed E-state index contributed by atoms with van der Waals surface area (Å²) >= 11 is 5.23. The van der Waals surface area contributed by atoms with E-state index in [1.54, 1.807) is 0 Å². The van der Waals surface area contributed by atoms with Crippen LogP contribution in [0.15, 0.2) is 4.99 Å². The molecule has 0 unspecified atom stereocenters. The molecule has 0 atom stereocenters. The fraction of sp³-hybridized carbons (Fsp3) is 0.833. The fourth-order valence-corrected chi connectivity index (χ4v) is 2.31. The van der Waals surface area contributed by atoms with Crippen molar-refractivity contribution >= 4 is 32.7 Å². The zero-order valence-corrected chi connectivity index (χ0v) is 8.05. The second-order valence-electron chi connectivity index (χ2n) is 2.74. The van der Waals surface area contributed by atoms with Gasteiger partial charge in [0.2, 0.25) is 0 Å². The van der Waals surface area contributed by atoms with Crippen molar-refractivity contribution in [3.8, 4) is 0 Å². The number of alkyl halides is 1. The minimum Gasteiger partial charge on any atom is -0.275 e. The molecule has 0 fully saturated rings. The second kappa shape index (κ2) is 2.62. The van der Waals surface area contributed by atoms with Crippen molar-refractivity contribution in [2.45, 2.75) is 19.4 Å². The van der Waals surface area contributed by atoms with Gasteiger partial charge in [-0.1, -0.05) is 15.9 Å². The average molecular weight is 208 g/mol. The zero-order chi connectivity index (χ0) is 6.91. The van der Waals surface area contributed by atoms with Gasteiger partial charge in [-0.2, -0.15) is 0 Å². The number of rotatable bonds is 1. The van der Waals surface area contributed by atoms with E-state index in [1.165, 1.54) is 5.04 Å². The summed E-state index contributed by atoms with van der Waals surface area (Å²) in [4.78, 5) is 4.47. The molecule has 0 aromatic heterocycles. The summed E-state index contributed by atoms with van der Waals surface area (Å²) < 4.78 is 0. The van der Waals surface area contributed by atoms with Gasteiger partial charge in [-0.05, 0) is 13.8 Å². The van der Waals surface area contributed by atoms with E-state index in [0.29, 0.717) is 0 Å². The number of thioether (sulfide) groups is 1. The van der Waals surface area contributed by atoms with Crippen LogP contribution in [0.3, 0.4) is 0 Å². The molecule has 0 saturated carbocycles. The van der Waals surface area contributed by atoms with Gasteiger partial charge < -0.3 is 0 Å². The summed E-state index contributed by atoms with van der Waals surface area (Å²) in [6.45, 7) is 4.32. The molecule has 3 heteroatoms. The molecule has 1 rings (SSSR count). The van der Waals surface area contributed by atoms with Crippen LogP contribution in [0.1, 0.15) is 13.8 Å². The van der Waals surface area contributed by atoms with Crippen LogP contribution in [0.2, 0.25) is 0 Å². The standard InChI is InChI=1S/C6H10BrNS/c1-6(2)4-9-5(3-7)8-6/h3-4H2,1-2H3. The first-order valence-electron chi connectivity index (χ1n) is 2.91. The molecule has 0 saturated heterocycles. The van der Waals surface area contributed by atoms with Crippen molar-refractivity contribution in [1.82, 2.24) is 0 Å². The van der Waals surface area contributed by atoms with Gasteiger partial charge in [-0.15, -0.1) is 11.8 Å². The molecule has 52 valence electrons. The fourth-order valence-electron chi connectivity index (χ4n) is 0.731. The van der Waals surface area contributed by atoms with E-state index in [9.17, 15) is 0 Å². The van der Waals surface area contributed by atoms with Crippen molar-refractivity contribution < 1.29 is 0 Å². The van der Waals surface area contributed by atoms with Crippen molar-refractivity contribution in [2.75, 3.05) is 11.1 Å². The van der Waals surface area contributed by atoms with Crippen LogP contribution < -0.4 is 0 Å². The molecule has 0 aromatic carbocycles. The van der Waals surface area contributed by atoms with Crippen molar-refractivity contribution in [3.63, 3.8) is 0 Å². The molecule has 1 aliphatic rings. The average Bonchev–Trinajstić information content (AvgIpc) is 2.10. The first kappa shape index (κ1) is 7.61. The molecule has 0 bridgehead atoms. The molecule has 1 nitrogen and oxygen atoms in total. The van der Waals surface area contributed by atoms with E-state index in [-0.39, 0.29) is 5.54 Å². The first-order chi connectivity index (χ1) is 4.14. The third-order valence-electron chi connectivity index (χ3n) is 1.13. The number of nitrogens with zero attached hydrogens (tertiary/aromatic N) is 1. The maximum absolute atomic E-state index is 4.47. The van der Waals surface area contributed by atoms with Gasteiger partial charge in [0.1, 0.15) is 0 Å². The molecule has 0 amide bonds. The molecule has 0 spiro atoms. The maximum atomic E-state index is 4.47. The summed E-state index contributed by atoms with van der Waals surface area (Å²) in [7, 11) is 0. The number of hydrogen-bond acceptors (Lipinski definition) is 2. The highest BCUT2D eigenvalue weighted by Gasteiger charge is 2.23. The predicted molar refractivity (Wildman–Crippen MR) is 47.8 cm³/mol. The molecule has 0 aliphatic carbocycles. The van der Waals surface area contributed by atoms with Gasteiger partial charge >= 0.3 is 0 Å². The van der Waals surface area contributed by atoms with Gasteiger partial charge in [0.05, 0.1) is 15.9 Å². The van der Waals surface area contributed by atoms with E-state index in [1.807, 2.05) is 11.8 Å². The van der Waals surface area contributed by atoms with E-state index >= 15 is 0 Å². The highest BCUT2D eigenvalue weighted by atomic mass is 79.9. The quantitative estimate of drug-likeness (QED) is 0.602. The summed E-state index contributed by atoms with van der Waals surface area (Å²) in [5.74, 6) is 1.13. The van der Waals surface area contributed by atoms with Crippen molar-refractivity contribution in [2.24, 2.45) is 4.99 Å². The van der Waals surface area contributed by atoms with Crippen LogP contribution in [-0.4, -0.2) is 21.7 Å². The highest BCUT2D eigenvalue weighted by molar-refractivity contribution is 9.09. The summed E-state index contributed by atoms with van der Waals surface area (Å²) in [6.07, 6.45) is 0. The molecule has 9 heavy (non-hydrogen) atoms. The molecule has 0 aromatic rings. The topological polar surface area (TPSA) is 12.4 Å². The van der Waals surface area contributed by atoms with E-state index < -0.39 is 0 Å². The second-order valence-corrected chi connectivity index (χ2v) is 4.35. The Morgan fingerprint density at radius 1 is 1.78 bits per heavy atom. The van der Waals surface area contributed by atoms with Crippen molar-refractivity contribution in [1.29, 1.82) is 0 Å². The number of aliphatic imine (C=N–C) groups is 1. The Bertz CT molecular complexity index is 142. The normalized spacial score (nSPS) is 24.1. The summed E-state index contributed by atoms with van der Waals surface area (Å²) in [5.41, 5.74) is 0.188. The van der Waals surface area contributed by atoms with Crippen LogP contribution in [-0.2, 0) is 0 Å². The molecule has 1 heterocycles. The lowest BCUT2D eigenvalue weighted by Gasteiger charge is -2.09.